The summed E-state index contributed by atoms with van der Waals surface area (Å²) in [4.78, 5) is 0. The van der Waals surface area contributed by atoms with Gasteiger partial charge in [0.05, 0.1) is 10.7 Å². The Morgan fingerprint density at radius 2 is 2.06 bits per heavy atom. The zero-order chi connectivity index (χ0) is 12.7. The van der Waals surface area contributed by atoms with Crippen LogP contribution in [-0.4, -0.2) is 14.6 Å². The number of benzene rings is 1. The molecule has 3 aromatic rings. The molecule has 0 unspecified atom stereocenters. The van der Waals surface area contributed by atoms with Gasteiger partial charge in [-0.2, -0.15) is 0 Å². The van der Waals surface area contributed by atoms with Crippen molar-refractivity contribution in [2.45, 2.75) is 6.92 Å². The van der Waals surface area contributed by atoms with Crippen LogP contribution in [0.5, 0.6) is 0 Å². The quantitative estimate of drug-likeness (QED) is 0.730. The van der Waals surface area contributed by atoms with Gasteiger partial charge in [-0.3, -0.25) is 4.40 Å². The Hall–Kier alpha value is -2.07. The Kier molecular flexibility index (Phi) is 2.45. The zero-order valence-electron chi connectivity index (χ0n) is 9.76. The van der Waals surface area contributed by atoms with Gasteiger partial charge in [-0.15, -0.1) is 10.2 Å². The molecule has 0 radical (unpaired) electrons. The lowest BCUT2D eigenvalue weighted by Gasteiger charge is -2.03. The number of pyridine rings is 1. The normalized spacial score (nSPS) is 11.0. The Labute approximate surface area is 109 Å². The molecule has 0 aliphatic heterocycles. The number of hydrogen-bond donors (Lipinski definition) is 1. The molecule has 90 valence electrons. The number of hydrogen-bond acceptors (Lipinski definition) is 3. The monoisotopic (exact) mass is 258 g/mol. The summed E-state index contributed by atoms with van der Waals surface area (Å²) in [7, 11) is 0. The first-order chi connectivity index (χ1) is 8.66. The number of aromatic nitrogens is 3. The van der Waals surface area contributed by atoms with E-state index in [1.807, 2.05) is 35.7 Å². The van der Waals surface area contributed by atoms with Crippen molar-refractivity contribution in [2.24, 2.45) is 0 Å². The van der Waals surface area contributed by atoms with Gasteiger partial charge in [0.2, 0.25) is 0 Å². The van der Waals surface area contributed by atoms with Gasteiger partial charge in [-0.1, -0.05) is 35.4 Å². The fourth-order valence-corrected chi connectivity index (χ4v) is 2.07. The van der Waals surface area contributed by atoms with Gasteiger partial charge in [0.25, 0.3) is 0 Å². The minimum absolute atomic E-state index is 0.450. The average molecular weight is 259 g/mol. The van der Waals surface area contributed by atoms with E-state index in [2.05, 4.69) is 16.3 Å². The third kappa shape index (κ3) is 1.62. The predicted octanol–water partition coefficient (Wildman–Crippen LogP) is 2.94. The van der Waals surface area contributed by atoms with Crippen LogP contribution in [-0.2, 0) is 0 Å². The molecule has 0 fully saturated rings. The number of nitrogen functional groups attached to an aromatic ring is 1. The van der Waals surface area contributed by atoms with Crippen molar-refractivity contribution in [3.63, 3.8) is 0 Å². The number of fused-ring (bicyclic) bond motifs is 1. The minimum Gasteiger partial charge on any atom is -0.394 e. The van der Waals surface area contributed by atoms with Gasteiger partial charge in [0.1, 0.15) is 0 Å². The van der Waals surface area contributed by atoms with Gasteiger partial charge in [-0.25, -0.2) is 0 Å². The summed E-state index contributed by atoms with van der Waals surface area (Å²) in [5.41, 5.74) is 9.09. The second-order valence-corrected chi connectivity index (χ2v) is 4.57. The summed E-state index contributed by atoms with van der Waals surface area (Å²) >= 11 is 5.96. The van der Waals surface area contributed by atoms with Gasteiger partial charge in [0.15, 0.2) is 11.5 Å². The number of aryl methyl sites for hydroxylation is 1. The lowest BCUT2D eigenvalue weighted by molar-refractivity contribution is 1.11. The molecule has 18 heavy (non-hydrogen) atoms. The van der Waals surface area contributed by atoms with Crippen LogP contribution in [0.2, 0.25) is 5.02 Å². The number of rotatable bonds is 1. The van der Waals surface area contributed by atoms with Crippen molar-refractivity contribution < 1.29 is 0 Å². The van der Waals surface area contributed by atoms with Gasteiger partial charge < -0.3 is 5.73 Å². The van der Waals surface area contributed by atoms with Crippen molar-refractivity contribution >= 4 is 22.9 Å². The standard InChI is InChI=1S/C13H11ClN4/c1-8-3-2-4-9(7-8)12-16-17-13-11(15)10(14)5-6-18(12)13/h2-7H,15H2,1H3. The summed E-state index contributed by atoms with van der Waals surface area (Å²) in [5.74, 6) is 0.761. The molecule has 5 heteroatoms. The maximum atomic E-state index is 5.96. The van der Waals surface area contributed by atoms with Crippen LogP contribution in [0.4, 0.5) is 5.69 Å². The van der Waals surface area contributed by atoms with Crippen molar-refractivity contribution in [1.82, 2.24) is 14.6 Å². The average Bonchev–Trinajstić information content (AvgIpc) is 2.78. The Morgan fingerprint density at radius 3 is 2.83 bits per heavy atom. The first kappa shape index (κ1) is 11.0. The van der Waals surface area contributed by atoms with E-state index in [0.29, 0.717) is 16.4 Å². The highest BCUT2D eigenvalue weighted by Crippen LogP contribution is 2.26. The van der Waals surface area contributed by atoms with E-state index in [-0.39, 0.29) is 0 Å². The lowest BCUT2D eigenvalue weighted by Crippen LogP contribution is -1.95. The highest BCUT2D eigenvalue weighted by molar-refractivity contribution is 6.33. The van der Waals surface area contributed by atoms with Gasteiger partial charge in [-0.05, 0) is 19.1 Å². The minimum atomic E-state index is 0.450. The molecule has 1 aromatic carbocycles. The summed E-state index contributed by atoms with van der Waals surface area (Å²) in [6, 6.07) is 9.82. The summed E-state index contributed by atoms with van der Waals surface area (Å²) in [6.07, 6.45) is 1.83. The molecule has 2 N–H and O–H groups in total. The second kappa shape index (κ2) is 3.99. The highest BCUT2D eigenvalue weighted by atomic mass is 35.5. The van der Waals surface area contributed by atoms with E-state index >= 15 is 0 Å². The summed E-state index contributed by atoms with van der Waals surface area (Å²) in [6.45, 7) is 2.04. The smallest absolute Gasteiger partial charge is 0.185 e. The molecule has 0 atom stereocenters. The predicted molar refractivity (Wildman–Crippen MR) is 72.6 cm³/mol. The zero-order valence-corrected chi connectivity index (χ0v) is 10.5. The first-order valence-corrected chi connectivity index (χ1v) is 5.90. The first-order valence-electron chi connectivity index (χ1n) is 5.52. The highest BCUT2D eigenvalue weighted by Gasteiger charge is 2.11. The Morgan fingerprint density at radius 1 is 1.22 bits per heavy atom. The molecular weight excluding hydrogens is 248 g/mol. The number of anilines is 1. The molecule has 0 aliphatic rings. The fourth-order valence-electron chi connectivity index (χ4n) is 1.93. The van der Waals surface area contributed by atoms with Crippen LogP contribution < -0.4 is 5.73 Å². The van der Waals surface area contributed by atoms with E-state index < -0.39 is 0 Å². The topological polar surface area (TPSA) is 56.2 Å². The second-order valence-electron chi connectivity index (χ2n) is 4.16. The van der Waals surface area contributed by atoms with Gasteiger partial charge >= 0.3 is 0 Å². The number of nitrogens with zero attached hydrogens (tertiary/aromatic N) is 3. The van der Waals surface area contributed by atoms with Crippen molar-refractivity contribution in [2.75, 3.05) is 5.73 Å². The van der Waals surface area contributed by atoms with Crippen LogP contribution in [0.3, 0.4) is 0 Å². The molecule has 2 aromatic heterocycles. The van der Waals surface area contributed by atoms with Crippen molar-refractivity contribution in [1.29, 1.82) is 0 Å². The molecule has 0 saturated carbocycles. The van der Waals surface area contributed by atoms with E-state index in [4.69, 9.17) is 17.3 Å². The maximum Gasteiger partial charge on any atom is 0.185 e. The van der Waals surface area contributed by atoms with Crippen LogP contribution >= 0.6 is 11.6 Å². The molecule has 0 amide bonds. The van der Waals surface area contributed by atoms with E-state index in [1.165, 1.54) is 5.56 Å². The van der Waals surface area contributed by atoms with E-state index in [9.17, 15) is 0 Å². The molecule has 2 heterocycles. The van der Waals surface area contributed by atoms with E-state index in [0.717, 1.165) is 11.4 Å². The van der Waals surface area contributed by atoms with Gasteiger partial charge in [0, 0.05) is 11.8 Å². The number of nitrogens with two attached hydrogens (primary N) is 1. The van der Waals surface area contributed by atoms with Crippen molar-refractivity contribution in [3.8, 4) is 11.4 Å². The third-order valence-corrected chi connectivity index (χ3v) is 3.17. The SMILES string of the molecule is Cc1cccc(-c2nnc3c(N)c(Cl)ccn23)c1. The summed E-state index contributed by atoms with van der Waals surface area (Å²) in [5, 5.41) is 8.76. The molecule has 0 aliphatic carbocycles. The fraction of sp³-hybridized carbons (Fsp3) is 0.0769. The van der Waals surface area contributed by atoms with E-state index in [1.54, 1.807) is 6.07 Å². The Bertz CT molecular complexity index is 733. The van der Waals surface area contributed by atoms with Crippen LogP contribution in [0.25, 0.3) is 17.0 Å². The van der Waals surface area contributed by atoms with Crippen LogP contribution in [0.15, 0.2) is 36.5 Å². The molecular formula is C13H11ClN4. The van der Waals surface area contributed by atoms with Crippen LogP contribution in [0, 0.1) is 6.92 Å². The number of halogens is 1. The van der Waals surface area contributed by atoms with Crippen LogP contribution in [0.1, 0.15) is 5.56 Å². The molecule has 0 saturated heterocycles. The molecule has 0 bridgehead atoms. The Balaban J connectivity index is 2.28. The third-order valence-electron chi connectivity index (χ3n) is 2.84. The maximum absolute atomic E-state index is 5.96. The largest absolute Gasteiger partial charge is 0.394 e. The summed E-state index contributed by atoms with van der Waals surface area (Å²) < 4.78 is 1.84. The molecule has 0 spiro atoms. The molecule has 4 nitrogen and oxygen atoms in total. The van der Waals surface area contributed by atoms with Crippen molar-refractivity contribution in [3.05, 3.63) is 47.1 Å². The molecule has 3 rings (SSSR count). The lowest BCUT2D eigenvalue weighted by atomic mass is 10.1.